The lowest BCUT2D eigenvalue weighted by molar-refractivity contribution is 0.228. The standard InChI is InChI=1S/C13H23N3O/c1-10-11(9-16-7-5-14-6-8-16)12(17-15-10)13(2,3)4/h14H,5-9H2,1-4H3. The predicted molar refractivity (Wildman–Crippen MR) is 68.1 cm³/mol. The van der Waals surface area contributed by atoms with Gasteiger partial charge in [-0.1, -0.05) is 25.9 Å². The number of rotatable bonds is 2. The minimum Gasteiger partial charge on any atom is -0.360 e. The van der Waals surface area contributed by atoms with Crippen molar-refractivity contribution in [3.63, 3.8) is 0 Å². The molecular weight excluding hydrogens is 214 g/mol. The van der Waals surface area contributed by atoms with Crippen LogP contribution in [0.2, 0.25) is 0 Å². The fourth-order valence-electron chi connectivity index (χ4n) is 2.26. The number of hydrogen-bond donors (Lipinski definition) is 1. The van der Waals surface area contributed by atoms with Crippen molar-refractivity contribution in [2.45, 2.75) is 39.7 Å². The Kier molecular flexibility index (Phi) is 3.54. The van der Waals surface area contributed by atoms with Crippen LogP contribution in [0.1, 0.15) is 37.8 Å². The Morgan fingerprint density at radius 3 is 2.53 bits per heavy atom. The molecule has 2 rings (SSSR count). The molecule has 1 aromatic rings. The molecule has 1 saturated heterocycles. The highest BCUT2D eigenvalue weighted by molar-refractivity contribution is 5.27. The minimum atomic E-state index is 0.0324. The molecule has 1 fully saturated rings. The normalized spacial score (nSPS) is 18.6. The summed E-state index contributed by atoms with van der Waals surface area (Å²) in [6, 6.07) is 0. The molecule has 1 aliphatic rings. The number of piperazine rings is 1. The second kappa shape index (κ2) is 4.78. The van der Waals surface area contributed by atoms with Gasteiger partial charge in [-0.3, -0.25) is 4.90 Å². The summed E-state index contributed by atoms with van der Waals surface area (Å²) in [4.78, 5) is 2.46. The molecule has 0 saturated carbocycles. The van der Waals surface area contributed by atoms with Crippen LogP contribution >= 0.6 is 0 Å². The summed E-state index contributed by atoms with van der Waals surface area (Å²) >= 11 is 0. The van der Waals surface area contributed by atoms with Crippen LogP contribution in [0.4, 0.5) is 0 Å². The third kappa shape index (κ3) is 2.87. The van der Waals surface area contributed by atoms with Crippen molar-refractivity contribution in [2.24, 2.45) is 0 Å². The highest BCUT2D eigenvalue weighted by Crippen LogP contribution is 2.28. The molecule has 4 heteroatoms. The van der Waals surface area contributed by atoms with Crippen molar-refractivity contribution in [1.29, 1.82) is 0 Å². The Hall–Kier alpha value is -0.870. The van der Waals surface area contributed by atoms with E-state index in [9.17, 15) is 0 Å². The molecule has 0 radical (unpaired) electrons. The summed E-state index contributed by atoms with van der Waals surface area (Å²) in [5.41, 5.74) is 2.35. The molecule has 4 nitrogen and oxygen atoms in total. The second-order valence-corrected chi connectivity index (χ2v) is 5.85. The zero-order valence-corrected chi connectivity index (χ0v) is 11.3. The molecule has 0 atom stereocenters. The highest BCUT2D eigenvalue weighted by Gasteiger charge is 2.26. The van der Waals surface area contributed by atoms with Gasteiger partial charge >= 0.3 is 0 Å². The van der Waals surface area contributed by atoms with E-state index in [2.05, 4.69) is 36.1 Å². The summed E-state index contributed by atoms with van der Waals surface area (Å²) in [6.07, 6.45) is 0. The fourth-order valence-corrected chi connectivity index (χ4v) is 2.26. The van der Waals surface area contributed by atoms with E-state index < -0.39 is 0 Å². The molecule has 17 heavy (non-hydrogen) atoms. The summed E-state index contributed by atoms with van der Waals surface area (Å²) in [7, 11) is 0. The first-order chi connectivity index (χ1) is 7.98. The van der Waals surface area contributed by atoms with Gasteiger partial charge in [0.05, 0.1) is 5.69 Å². The summed E-state index contributed by atoms with van der Waals surface area (Å²) in [5.74, 6) is 1.04. The van der Waals surface area contributed by atoms with Gasteiger partial charge in [0.1, 0.15) is 5.76 Å². The molecule has 1 aliphatic heterocycles. The van der Waals surface area contributed by atoms with E-state index in [0.717, 1.165) is 44.2 Å². The summed E-state index contributed by atoms with van der Waals surface area (Å²) < 4.78 is 5.51. The van der Waals surface area contributed by atoms with E-state index in [1.54, 1.807) is 0 Å². The molecule has 0 amide bonds. The van der Waals surface area contributed by atoms with Crippen molar-refractivity contribution < 1.29 is 4.52 Å². The third-order valence-corrected chi connectivity index (χ3v) is 3.26. The number of aromatic nitrogens is 1. The van der Waals surface area contributed by atoms with Crippen LogP contribution in [0.3, 0.4) is 0 Å². The molecule has 1 N–H and O–H groups in total. The Balaban J connectivity index is 2.16. The van der Waals surface area contributed by atoms with E-state index >= 15 is 0 Å². The Labute approximate surface area is 103 Å². The van der Waals surface area contributed by atoms with Crippen molar-refractivity contribution >= 4 is 0 Å². The average Bonchev–Trinajstić information content (AvgIpc) is 2.62. The lowest BCUT2D eigenvalue weighted by Crippen LogP contribution is -2.43. The lowest BCUT2D eigenvalue weighted by Gasteiger charge is -2.28. The average molecular weight is 237 g/mol. The van der Waals surface area contributed by atoms with Crippen LogP contribution < -0.4 is 5.32 Å². The maximum Gasteiger partial charge on any atom is 0.146 e. The van der Waals surface area contributed by atoms with Crippen molar-refractivity contribution in [2.75, 3.05) is 26.2 Å². The largest absolute Gasteiger partial charge is 0.360 e. The van der Waals surface area contributed by atoms with Crippen LogP contribution in [0.5, 0.6) is 0 Å². The van der Waals surface area contributed by atoms with Crippen LogP contribution in [0, 0.1) is 6.92 Å². The van der Waals surface area contributed by atoms with Gasteiger partial charge < -0.3 is 9.84 Å². The third-order valence-electron chi connectivity index (χ3n) is 3.26. The zero-order valence-electron chi connectivity index (χ0n) is 11.3. The van der Waals surface area contributed by atoms with Gasteiger partial charge in [0.25, 0.3) is 0 Å². The second-order valence-electron chi connectivity index (χ2n) is 5.85. The Morgan fingerprint density at radius 2 is 1.94 bits per heavy atom. The maximum atomic E-state index is 5.51. The van der Waals surface area contributed by atoms with Crippen LogP contribution in [0.15, 0.2) is 4.52 Å². The summed E-state index contributed by atoms with van der Waals surface area (Å²) in [6.45, 7) is 13.9. The van der Waals surface area contributed by atoms with E-state index in [0.29, 0.717) is 0 Å². The van der Waals surface area contributed by atoms with Crippen molar-refractivity contribution in [1.82, 2.24) is 15.4 Å². The SMILES string of the molecule is Cc1noc(C(C)(C)C)c1CN1CCNCC1. The molecule has 0 bridgehead atoms. The first kappa shape index (κ1) is 12.6. The van der Waals surface area contributed by atoms with Gasteiger partial charge in [0.15, 0.2) is 0 Å². The molecule has 96 valence electrons. The summed E-state index contributed by atoms with van der Waals surface area (Å²) in [5, 5.41) is 7.50. The maximum absolute atomic E-state index is 5.51. The van der Waals surface area contributed by atoms with Gasteiger partial charge in [-0.15, -0.1) is 0 Å². The van der Waals surface area contributed by atoms with E-state index in [1.165, 1.54) is 5.56 Å². The molecule has 2 heterocycles. The topological polar surface area (TPSA) is 41.3 Å². The molecule has 0 aliphatic carbocycles. The lowest BCUT2D eigenvalue weighted by atomic mass is 9.89. The number of hydrogen-bond acceptors (Lipinski definition) is 4. The van der Waals surface area contributed by atoms with E-state index in [1.807, 2.05) is 6.92 Å². The zero-order chi connectivity index (χ0) is 12.5. The molecule has 0 aromatic carbocycles. The van der Waals surface area contributed by atoms with Crippen molar-refractivity contribution in [3.8, 4) is 0 Å². The van der Waals surface area contributed by atoms with E-state index in [-0.39, 0.29) is 5.41 Å². The first-order valence-corrected chi connectivity index (χ1v) is 6.37. The van der Waals surface area contributed by atoms with Gasteiger partial charge in [-0.25, -0.2) is 0 Å². The Bertz CT molecular complexity index is 373. The van der Waals surface area contributed by atoms with E-state index in [4.69, 9.17) is 4.52 Å². The Morgan fingerprint density at radius 1 is 1.29 bits per heavy atom. The van der Waals surface area contributed by atoms with Crippen LogP contribution in [0.25, 0.3) is 0 Å². The number of nitrogens with one attached hydrogen (secondary N) is 1. The highest BCUT2D eigenvalue weighted by atomic mass is 16.5. The predicted octanol–water partition coefficient (Wildman–Crippen LogP) is 1.69. The van der Waals surface area contributed by atoms with Crippen LogP contribution in [-0.2, 0) is 12.0 Å². The number of nitrogens with zero attached hydrogens (tertiary/aromatic N) is 2. The fraction of sp³-hybridized carbons (Fsp3) is 0.769. The first-order valence-electron chi connectivity index (χ1n) is 6.37. The molecule has 0 unspecified atom stereocenters. The van der Waals surface area contributed by atoms with Gasteiger partial charge in [-0.05, 0) is 6.92 Å². The molecule has 0 spiro atoms. The molecule has 1 aromatic heterocycles. The van der Waals surface area contributed by atoms with Gasteiger partial charge in [0.2, 0.25) is 0 Å². The van der Waals surface area contributed by atoms with Gasteiger partial charge in [0, 0.05) is 43.7 Å². The van der Waals surface area contributed by atoms with Gasteiger partial charge in [-0.2, -0.15) is 0 Å². The van der Waals surface area contributed by atoms with Crippen LogP contribution in [-0.4, -0.2) is 36.2 Å². The van der Waals surface area contributed by atoms with Crippen molar-refractivity contribution in [3.05, 3.63) is 17.0 Å². The molecular formula is C13H23N3O. The monoisotopic (exact) mass is 237 g/mol. The number of aryl methyl sites for hydroxylation is 1. The quantitative estimate of drug-likeness (QED) is 0.850. The smallest absolute Gasteiger partial charge is 0.146 e. The minimum absolute atomic E-state index is 0.0324.